The van der Waals surface area contributed by atoms with Crippen molar-refractivity contribution in [1.29, 1.82) is 0 Å². The fourth-order valence-electron chi connectivity index (χ4n) is 2.67. The first-order valence-corrected chi connectivity index (χ1v) is 9.52. The predicted molar refractivity (Wildman–Crippen MR) is 84.6 cm³/mol. The fraction of sp³-hybridized carbons (Fsp3) is 0.929. The van der Waals surface area contributed by atoms with E-state index in [0.29, 0.717) is 31.3 Å². The summed E-state index contributed by atoms with van der Waals surface area (Å²) in [5.74, 6) is 1.15. The van der Waals surface area contributed by atoms with Gasteiger partial charge in [-0.15, -0.1) is 0 Å². The van der Waals surface area contributed by atoms with Gasteiger partial charge in [0.2, 0.25) is 10.0 Å². The molecule has 6 nitrogen and oxygen atoms in total. The van der Waals surface area contributed by atoms with Crippen molar-refractivity contribution >= 4 is 16.1 Å². The Labute approximate surface area is 128 Å². The number of sulfonamides is 1. The van der Waals surface area contributed by atoms with Crippen LogP contribution in [0.1, 0.15) is 39.5 Å². The third-order valence-electron chi connectivity index (χ3n) is 4.52. The molecule has 0 aliphatic heterocycles. The van der Waals surface area contributed by atoms with Gasteiger partial charge in [0, 0.05) is 26.2 Å². The van der Waals surface area contributed by atoms with Crippen LogP contribution in [0.3, 0.4) is 0 Å². The maximum Gasteiger partial charge on any atom is 0.315 e. The highest BCUT2D eigenvalue weighted by atomic mass is 32.2. The zero-order valence-electron chi connectivity index (χ0n) is 13.6. The molecule has 0 aromatic carbocycles. The van der Waals surface area contributed by atoms with Gasteiger partial charge in [0.15, 0.2) is 0 Å². The van der Waals surface area contributed by atoms with E-state index in [4.69, 9.17) is 0 Å². The van der Waals surface area contributed by atoms with E-state index in [1.165, 1.54) is 17.0 Å². The maximum atomic E-state index is 11.9. The summed E-state index contributed by atoms with van der Waals surface area (Å²) in [6.07, 6.45) is 5.22. The summed E-state index contributed by atoms with van der Waals surface area (Å²) in [7, 11) is -1.59. The molecule has 0 heterocycles. The quantitative estimate of drug-likeness (QED) is 0.726. The lowest BCUT2D eigenvalue weighted by atomic mass is 9.78. The van der Waals surface area contributed by atoms with Gasteiger partial charge in [-0.2, -0.15) is 0 Å². The highest BCUT2D eigenvalue weighted by Gasteiger charge is 2.27. The van der Waals surface area contributed by atoms with E-state index in [2.05, 4.69) is 24.5 Å². The second-order valence-electron chi connectivity index (χ2n) is 6.21. The highest BCUT2D eigenvalue weighted by Crippen LogP contribution is 2.29. The van der Waals surface area contributed by atoms with Gasteiger partial charge in [-0.3, -0.25) is 0 Å². The summed E-state index contributed by atoms with van der Waals surface area (Å²) in [5.41, 5.74) is 0. The molecule has 1 aliphatic rings. The summed E-state index contributed by atoms with van der Waals surface area (Å²) in [4.78, 5) is 11.9. The molecule has 1 rings (SSSR count). The van der Waals surface area contributed by atoms with Gasteiger partial charge >= 0.3 is 6.03 Å². The number of hydrogen-bond donors (Lipinski definition) is 2. The van der Waals surface area contributed by atoms with Crippen LogP contribution in [-0.2, 0) is 10.0 Å². The van der Waals surface area contributed by atoms with Crippen LogP contribution in [0, 0.1) is 11.8 Å². The van der Waals surface area contributed by atoms with Crippen LogP contribution < -0.4 is 10.6 Å². The molecular formula is C14H29N3O3S. The topological polar surface area (TPSA) is 78.5 Å². The molecule has 124 valence electrons. The van der Waals surface area contributed by atoms with Crippen LogP contribution in [0.25, 0.3) is 0 Å². The van der Waals surface area contributed by atoms with Crippen molar-refractivity contribution < 1.29 is 13.2 Å². The predicted octanol–water partition coefficient (Wildman–Crippen LogP) is 1.39. The van der Waals surface area contributed by atoms with E-state index < -0.39 is 10.0 Å². The lowest BCUT2D eigenvalue weighted by Crippen LogP contribution is -2.48. The number of urea groups is 1. The van der Waals surface area contributed by atoms with Gasteiger partial charge in [0.05, 0.1) is 6.26 Å². The molecule has 0 spiro atoms. The lowest BCUT2D eigenvalue weighted by Gasteiger charge is -2.34. The highest BCUT2D eigenvalue weighted by molar-refractivity contribution is 7.88. The molecule has 0 aromatic rings. The maximum absolute atomic E-state index is 11.9. The number of nitrogens with one attached hydrogen (secondary N) is 2. The van der Waals surface area contributed by atoms with Crippen LogP contribution in [0.15, 0.2) is 0 Å². The average molecular weight is 319 g/mol. The van der Waals surface area contributed by atoms with Crippen molar-refractivity contribution in [2.24, 2.45) is 11.8 Å². The third kappa shape index (κ3) is 6.22. The number of nitrogens with zero attached hydrogens (tertiary/aromatic N) is 1. The Morgan fingerprint density at radius 3 is 2.57 bits per heavy atom. The summed E-state index contributed by atoms with van der Waals surface area (Å²) in [6, 6.07) is 0.0930. The zero-order valence-corrected chi connectivity index (χ0v) is 14.4. The minimum absolute atomic E-state index is 0.150. The molecule has 0 bridgehead atoms. The Morgan fingerprint density at radius 1 is 1.29 bits per heavy atom. The summed E-state index contributed by atoms with van der Waals surface area (Å²) >= 11 is 0. The molecule has 1 aliphatic carbocycles. The van der Waals surface area contributed by atoms with E-state index in [1.807, 2.05) is 0 Å². The van der Waals surface area contributed by atoms with Gasteiger partial charge in [0.1, 0.15) is 0 Å². The van der Waals surface area contributed by atoms with Crippen LogP contribution in [0.4, 0.5) is 4.79 Å². The van der Waals surface area contributed by atoms with Crippen molar-refractivity contribution in [2.75, 3.05) is 26.4 Å². The SMILES string of the molecule is C[C@H]1[C@H](C)CCC[C@@H]1NC(=O)NCCCN(C)S(C)(=O)=O. The fourth-order valence-corrected chi connectivity index (χ4v) is 3.14. The Morgan fingerprint density at radius 2 is 1.95 bits per heavy atom. The van der Waals surface area contributed by atoms with E-state index in [1.54, 1.807) is 7.05 Å². The van der Waals surface area contributed by atoms with Crippen LogP contribution >= 0.6 is 0 Å². The first kappa shape index (κ1) is 18.2. The van der Waals surface area contributed by atoms with E-state index in [-0.39, 0.29) is 12.1 Å². The van der Waals surface area contributed by atoms with Crippen LogP contribution in [0.2, 0.25) is 0 Å². The number of carbonyl (C=O) groups is 1. The Hall–Kier alpha value is -0.820. The average Bonchev–Trinajstić information content (AvgIpc) is 2.38. The largest absolute Gasteiger partial charge is 0.338 e. The van der Waals surface area contributed by atoms with Crippen molar-refractivity contribution in [2.45, 2.75) is 45.6 Å². The molecule has 3 atom stereocenters. The van der Waals surface area contributed by atoms with Crippen molar-refractivity contribution in [3.05, 3.63) is 0 Å². The zero-order chi connectivity index (χ0) is 16.0. The molecule has 0 saturated heterocycles. The Bertz CT molecular complexity index is 439. The standard InChI is InChI=1S/C14H29N3O3S/c1-11-7-5-8-13(12(11)2)16-14(18)15-9-6-10-17(3)21(4,19)20/h11-13H,5-10H2,1-4H3,(H2,15,16,18)/t11-,12+,13+/m1/s1. The monoisotopic (exact) mass is 319 g/mol. The first-order valence-electron chi connectivity index (χ1n) is 7.67. The number of carbonyl (C=O) groups excluding carboxylic acids is 1. The Kier molecular flexibility index (Phi) is 6.93. The van der Waals surface area contributed by atoms with E-state index in [9.17, 15) is 13.2 Å². The van der Waals surface area contributed by atoms with E-state index >= 15 is 0 Å². The molecule has 7 heteroatoms. The summed E-state index contributed by atoms with van der Waals surface area (Å²) in [5, 5.41) is 5.84. The van der Waals surface area contributed by atoms with Gasteiger partial charge in [0.25, 0.3) is 0 Å². The van der Waals surface area contributed by atoms with Crippen molar-refractivity contribution in [3.8, 4) is 0 Å². The molecule has 2 amide bonds. The molecular weight excluding hydrogens is 290 g/mol. The normalized spacial score (nSPS) is 26.6. The molecule has 0 unspecified atom stereocenters. The van der Waals surface area contributed by atoms with Crippen LogP contribution in [-0.4, -0.2) is 51.2 Å². The first-order chi connectivity index (χ1) is 9.71. The third-order valence-corrected chi connectivity index (χ3v) is 5.84. The van der Waals surface area contributed by atoms with Gasteiger partial charge in [-0.05, 0) is 24.7 Å². The summed E-state index contributed by atoms with van der Waals surface area (Å²) in [6.45, 7) is 5.31. The summed E-state index contributed by atoms with van der Waals surface area (Å²) < 4.78 is 23.7. The molecule has 21 heavy (non-hydrogen) atoms. The second kappa shape index (κ2) is 7.98. The lowest BCUT2D eigenvalue weighted by molar-refractivity contribution is 0.195. The number of rotatable bonds is 6. The van der Waals surface area contributed by atoms with E-state index in [0.717, 1.165) is 12.8 Å². The molecule has 0 radical (unpaired) electrons. The van der Waals surface area contributed by atoms with Gasteiger partial charge < -0.3 is 10.6 Å². The van der Waals surface area contributed by atoms with Crippen molar-refractivity contribution in [3.63, 3.8) is 0 Å². The minimum atomic E-state index is -3.13. The van der Waals surface area contributed by atoms with Crippen LogP contribution in [0.5, 0.6) is 0 Å². The molecule has 0 aromatic heterocycles. The minimum Gasteiger partial charge on any atom is -0.338 e. The molecule has 1 fully saturated rings. The Balaban J connectivity index is 2.22. The smallest absolute Gasteiger partial charge is 0.315 e. The second-order valence-corrected chi connectivity index (χ2v) is 8.30. The molecule has 1 saturated carbocycles. The molecule has 2 N–H and O–H groups in total. The number of amides is 2. The van der Waals surface area contributed by atoms with Crippen molar-refractivity contribution in [1.82, 2.24) is 14.9 Å². The number of hydrogen-bond acceptors (Lipinski definition) is 3. The van der Waals surface area contributed by atoms with Gasteiger partial charge in [-0.1, -0.05) is 26.7 Å². The van der Waals surface area contributed by atoms with Gasteiger partial charge in [-0.25, -0.2) is 17.5 Å².